The van der Waals surface area contributed by atoms with Crippen molar-refractivity contribution in [1.29, 1.82) is 0 Å². The van der Waals surface area contributed by atoms with Gasteiger partial charge in [-0.25, -0.2) is 0 Å². The van der Waals surface area contributed by atoms with Crippen LogP contribution in [0.3, 0.4) is 0 Å². The average molecular weight is 318 g/mol. The van der Waals surface area contributed by atoms with Gasteiger partial charge in [-0.1, -0.05) is 23.2 Å². The lowest BCUT2D eigenvalue weighted by atomic mass is 10.3. The van der Waals surface area contributed by atoms with E-state index < -0.39 is 11.8 Å². The number of nitrogens with one attached hydrogen (secondary N) is 1. The topological polar surface area (TPSA) is 92.5 Å². The van der Waals surface area contributed by atoms with Gasteiger partial charge in [0.15, 0.2) is 0 Å². The van der Waals surface area contributed by atoms with Crippen LogP contribution in [0.1, 0.15) is 6.42 Å². The Kier molecular flexibility index (Phi) is 6.44. The molecule has 0 spiro atoms. The maximum atomic E-state index is 11.7. The van der Waals surface area contributed by atoms with Gasteiger partial charge in [0.2, 0.25) is 6.41 Å². The molecule has 8 heteroatoms. The molecule has 20 heavy (non-hydrogen) atoms. The average Bonchev–Trinajstić information content (AvgIpc) is 2.38. The van der Waals surface area contributed by atoms with Crippen LogP contribution >= 0.6 is 23.2 Å². The van der Waals surface area contributed by atoms with Crippen LogP contribution in [0.15, 0.2) is 18.2 Å². The Bertz CT molecular complexity index is 502. The standard InChI is InChI=1S/C12H13Cl2N3O3/c13-8-4-9(14)6-10(5-8)16-11(19)12(20)17(7-18)3-1-2-15/h4-7H,1-3,15H2,(H,16,19). The zero-order valence-corrected chi connectivity index (χ0v) is 11.9. The molecule has 0 aliphatic rings. The lowest BCUT2D eigenvalue weighted by molar-refractivity contribution is -0.146. The highest BCUT2D eigenvalue weighted by atomic mass is 35.5. The van der Waals surface area contributed by atoms with E-state index in [-0.39, 0.29) is 12.2 Å². The fourth-order valence-corrected chi connectivity index (χ4v) is 1.93. The van der Waals surface area contributed by atoms with Crippen molar-refractivity contribution in [3.63, 3.8) is 0 Å². The lowest BCUT2D eigenvalue weighted by Gasteiger charge is -2.14. The van der Waals surface area contributed by atoms with Crippen molar-refractivity contribution in [1.82, 2.24) is 4.90 Å². The monoisotopic (exact) mass is 317 g/mol. The number of carbonyl (C=O) groups excluding carboxylic acids is 3. The predicted octanol–water partition coefficient (Wildman–Crippen LogP) is 1.27. The van der Waals surface area contributed by atoms with Gasteiger partial charge in [0.1, 0.15) is 0 Å². The summed E-state index contributed by atoms with van der Waals surface area (Å²) in [6.45, 7) is 0.395. The Balaban J connectivity index is 2.73. The van der Waals surface area contributed by atoms with Crippen LogP contribution in [-0.4, -0.2) is 36.2 Å². The van der Waals surface area contributed by atoms with Gasteiger partial charge in [0, 0.05) is 22.3 Å². The molecule has 1 rings (SSSR count). The number of nitrogens with two attached hydrogens (primary N) is 1. The number of anilines is 1. The third kappa shape index (κ3) is 4.80. The Morgan fingerprint density at radius 1 is 1.25 bits per heavy atom. The summed E-state index contributed by atoms with van der Waals surface area (Å²) in [6, 6.07) is 4.35. The van der Waals surface area contributed by atoms with E-state index in [1.54, 1.807) is 0 Å². The zero-order valence-electron chi connectivity index (χ0n) is 10.4. The van der Waals surface area contributed by atoms with Gasteiger partial charge in [0.25, 0.3) is 0 Å². The first kappa shape index (κ1) is 16.4. The number of halogens is 2. The molecular weight excluding hydrogens is 305 g/mol. The Morgan fingerprint density at radius 3 is 2.35 bits per heavy atom. The SMILES string of the molecule is NCCCN(C=O)C(=O)C(=O)Nc1cc(Cl)cc(Cl)c1. The van der Waals surface area contributed by atoms with E-state index in [1.807, 2.05) is 0 Å². The fourth-order valence-electron chi connectivity index (χ4n) is 1.40. The van der Waals surface area contributed by atoms with E-state index in [2.05, 4.69) is 5.32 Å². The third-order valence-corrected chi connectivity index (χ3v) is 2.74. The number of imide groups is 1. The molecule has 0 bridgehead atoms. The van der Waals surface area contributed by atoms with Crippen molar-refractivity contribution in [3.8, 4) is 0 Å². The molecule has 0 aliphatic heterocycles. The molecule has 0 aliphatic carbocycles. The van der Waals surface area contributed by atoms with Gasteiger partial charge >= 0.3 is 11.8 Å². The van der Waals surface area contributed by atoms with E-state index in [0.29, 0.717) is 29.4 Å². The molecule has 0 fully saturated rings. The minimum Gasteiger partial charge on any atom is -0.330 e. The number of benzene rings is 1. The number of carbonyl (C=O) groups is 3. The van der Waals surface area contributed by atoms with E-state index in [9.17, 15) is 14.4 Å². The summed E-state index contributed by atoms with van der Waals surface area (Å²) in [7, 11) is 0. The minimum atomic E-state index is -0.968. The molecule has 108 valence electrons. The van der Waals surface area contributed by atoms with Gasteiger partial charge in [0.05, 0.1) is 0 Å². The summed E-state index contributed by atoms with van der Waals surface area (Å²) in [4.78, 5) is 35.0. The smallest absolute Gasteiger partial charge is 0.318 e. The molecule has 0 aromatic heterocycles. The molecule has 0 saturated carbocycles. The number of hydrogen-bond donors (Lipinski definition) is 2. The largest absolute Gasteiger partial charge is 0.330 e. The van der Waals surface area contributed by atoms with Crippen molar-refractivity contribution < 1.29 is 14.4 Å². The molecule has 0 radical (unpaired) electrons. The summed E-state index contributed by atoms with van der Waals surface area (Å²) >= 11 is 11.5. The van der Waals surface area contributed by atoms with E-state index in [0.717, 1.165) is 4.90 Å². The number of hydrogen-bond acceptors (Lipinski definition) is 4. The Morgan fingerprint density at radius 2 is 1.85 bits per heavy atom. The van der Waals surface area contributed by atoms with Gasteiger partial charge in [-0.05, 0) is 31.2 Å². The van der Waals surface area contributed by atoms with Crippen LogP contribution in [0, 0.1) is 0 Å². The van der Waals surface area contributed by atoms with E-state index >= 15 is 0 Å². The minimum absolute atomic E-state index is 0.0859. The Hall–Kier alpha value is -1.63. The van der Waals surface area contributed by atoms with Crippen LogP contribution in [0.25, 0.3) is 0 Å². The van der Waals surface area contributed by atoms with Crippen LogP contribution in [0.5, 0.6) is 0 Å². The molecule has 3 N–H and O–H groups in total. The van der Waals surface area contributed by atoms with Crippen LogP contribution < -0.4 is 11.1 Å². The van der Waals surface area contributed by atoms with Crippen molar-refractivity contribution >= 4 is 47.1 Å². The maximum Gasteiger partial charge on any atom is 0.318 e. The first-order chi connectivity index (χ1) is 9.47. The summed E-state index contributed by atoms with van der Waals surface area (Å²) < 4.78 is 0. The van der Waals surface area contributed by atoms with Crippen molar-refractivity contribution in [3.05, 3.63) is 28.2 Å². The van der Waals surface area contributed by atoms with E-state index in [4.69, 9.17) is 28.9 Å². The normalized spacial score (nSPS) is 9.95. The summed E-state index contributed by atoms with van der Waals surface area (Å²) in [5.41, 5.74) is 5.55. The van der Waals surface area contributed by atoms with Crippen molar-refractivity contribution in [2.75, 3.05) is 18.4 Å². The maximum absolute atomic E-state index is 11.7. The van der Waals surface area contributed by atoms with Gasteiger partial charge in [-0.3, -0.25) is 19.3 Å². The molecule has 1 aromatic carbocycles. The van der Waals surface area contributed by atoms with Crippen LogP contribution in [-0.2, 0) is 14.4 Å². The molecule has 3 amide bonds. The molecule has 0 saturated heterocycles. The van der Waals surface area contributed by atoms with Gasteiger partial charge in [-0.15, -0.1) is 0 Å². The molecule has 6 nitrogen and oxygen atoms in total. The number of rotatable bonds is 5. The summed E-state index contributed by atoms with van der Waals surface area (Å²) in [5, 5.41) is 2.96. The quantitative estimate of drug-likeness (QED) is 0.631. The highest BCUT2D eigenvalue weighted by Gasteiger charge is 2.21. The second kappa shape index (κ2) is 7.84. The zero-order chi connectivity index (χ0) is 15.1. The molecule has 0 atom stereocenters. The summed E-state index contributed by atoms with van der Waals surface area (Å²) in [5.74, 6) is -1.92. The second-order valence-corrected chi connectivity index (χ2v) is 4.73. The number of amides is 3. The van der Waals surface area contributed by atoms with Gasteiger partial charge < -0.3 is 11.1 Å². The highest BCUT2D eigenvalue weighted by Crippen LogP contribution is 2.22. The molecule has 1 aromatic rings. The fraction of sp³-hybridized carbons (Fsp3) is 0.250. The van der Waals surface area contributed by atoms with Crippen LogP contribution in [0.2, 0.25) is 10.0 Å². The van der Waals surface area contributed by atoms with Crippen molar-refractivity contribution in [2.24, 2.45) is 5.73 Å². The summed E-state index contributed by atoms with van der Waals surface area (Å²) in [6.07, 6.45) is 0.712. The van der Waals surface area contributed by atoms with Gasteiger partial charge in [-0.2, -0.15) is 0 Å². The highest BCUT2D eigenvalue weighted by molar-refractivity contribution is 6.41. The molecular formula is C12H13Cl2N3O3. The molecule has 0 unspecified atom stereocenters. The van der Waals surface area contributed by atoms with Crippen LogP contribution in [0.4, 0.5) is 5.69 Å². The first-order valence-corrected chi connectivity index (χ1v) is 6.47. The molecule has 0 heterocycles. The predicted molar refractivity (Wildman–Crippen MR) is 76.5 cm³/mol. The lowest BCUT2D eigenvalue weighted by Crippen LogP contribution is -2.39. The Labute approximate surface area is 125 Å². The number of nitrogens with zero attached hydrogens (tertiary/aromatic N) is 1. The second-order valence-electron chi connectivity index (χ2n) is 3.86. The third-order valence-electron chi connectivity index (χ3n) is 2.31. The van der Waals surface area contributed by atoms with E-state index in [1.165, 1.54) is 18.2 Å². The van der Waals surface area contributed by atoms with Crippen molar-refractivity contribution in [2.45, 2.75) is 6.42 Å². The first-order valence-electron chi connectivity index (χ1n) is 5.71.